The summed E-state index contributed by atoms with van der Waals surface area (Å²) in [6, 6.07) is 0. The molecule has 1 aromatic rings. The number of carboxylic acids is 2. The summed E-state index contributed by atoms with van der Waals surface area (Å²) < 4.78 is 2.27. The first-order valence-electron chi connectivity index (χ1n) is 8.46. The molecule has 1 atom stereocenters. The molecule has 6 heteroatoms. The van der Waals surface area contributed by atoms with Crippen LogP contribution in [0.2, 0.25) is 0 Å². The topological polar surface area (TPSA) is 92.4 Å². The third-order valence-electron chi connectivity index (χ3n) is 4.43. The van der Waals surface area contributed by atoms with Crippen LogP contribution in [-0.4, -0.2) is 31.7 Å². The Balaban J connectivity index is 0.000000379. The lowest BCUT2D eigenvalue weighted by Crippen LogP contribution is -2.22. The highest BCUT2D eigenvalue weighted by Gasteiger charge is 2.23. The summed E-state index contributed by atoms with van der Waals surface area (Å²) in [7, 11) is 0. The number of imidazole rings is 1. The van der Waals surface area contributed by atoms with Gasteiger partial charge in [-0.05, 0) is 18.3 Å². The summed E-state index contributed by atoms with van der Waals surface area (Å²) in [6.07, 6.45) is 17.4. The van der Waals surface area contributed by atoms with Crippen LogP contribution in [0.1, 0.15) is 58.3 Å². The Morgan fingerprint density at radius 3 is 2.35 bits per heavy atom. The molecule has 1 aromatic heterocycles. The van der Waals surface area contributed by atoms with Crippen molar-refractivity contribution in [3.8, 4) is 0 Å². The summed E-state index contributed by atoms with van der Waals surface area (Å²) in [5, 5.41) is 14.8. The number of carbonyl (C=O) groups is 2. The molecule has 0 aromatic carbocycles. The zero-order chi connectivity index (χ0) is 17.1. The van der Waals surface area contributed by atoms with Crippen molar-refractivity contribution in [2.45, 2.75) is 64.8 Å². The highest BCUT2D eigenvalue weighted by molar-refractivity contribution is 6.27. The van der Waals surface area contributed by atoms with E-state index in [0.29, 0.717) is 0 Å². The van der Waals surface area contributed by atoms with Crippen molar-refractivity contribution in [3.05, 3.63) is 18.7 Å². The number of aromatic nitrogens is 2. The Kier molecular flexibility index (Phi) is 9.02. The molecule has 6 nitrogen and oxygen atoms in total. The molecule has 1 aliphatic carbocycles. The fourth-order valence-corrected chi connectivity index (χ4v) is 3.21. The molecule has 0 saturated heterocycles. The number of rotatable bonds is 6. The number of carboxylic acid groups (broad SMARTS) is 2. The molecule has 130 valence electrons. The van der Waals surface area contributed by atoms with Gasteiger partial charge in [0.25, 0.3) is 0 Å². The molecule has 1 unspecified atom stereocenters. The van der Waals surface area contributed by atoms with E-state index in [2.05, 4.69) is 22.7 Å². The zero-order valence-corrected chi connectivity index (χ0v) is 13.9. The van der Waals surface area contributed by atoms with Gasteiger partial charge in [0.05, 0.1) is 6.33 Å². The second kappa shape index (κ2) is 10.8. The van der Waals surface area contributed by atoms with E-state index >= 15 is 0 Å². The zero-order valence-electron chi connectivity index (χ0n) is 13.9. The van der Waals surface area contributed by atoms with Gasteiger partial charge in [-0.2, -0.15) is 0 Å². The molecule has 0 spiro atoms. The average molecular weight is 324 g/mol. The largest absolute Gasteiger partial charge is 0.473 e. The van der Waals surface area contributed by atoms with Crippen LogP contribution in [0, 0.1) is 11.8 Å². The lowest BCUT2D eigenvalue weighted by atomic mass is 9.78. The Hall–Kier alpha value is -1.85. The van der Waals surface area contributed by atoms with E-state index in [1.807, 2.05) is 12.5 Å². The van der Waals surface area contributed by atoms with Crippen LogP contribution in [0.4, 0.5) is 0 Å². The second-order valence-electron chi connectivity index (χ2n) is 6.17. The van der Waals surface area contributed by atoms with Crippen molar-refractivity contribution in [1.29, 1.82) is 0 Å². The minimum Gasteiger partial charge on any atom is -0.473 e. The van der Waals surface area contributed by atoms with Crippen LogP contribution in [0.25, 0.3) is 0 Å². The fraction of sp³-hybridized carbons (Fsp3) is 0.706. The second-order valence-corrected chi connectivity index (χ2v) is 6.17. The van der Waals surface area contributed by atoms with Gasteiger partial charge in [-0.25, -0.2) is 14.6 Å². The SMILES string of the molecule is CCCCC(Cn1ccnc1)C1CCCCC1.O=C(O)C(=O)O. The van der Waals surface area contributed by atoms with E-state index < -0.39 is 11.9 Å². The lowest BCUT2D eigenvalue weighted by Gasteiger charge is -2.30. The quantitative estimate of drug-likeness (QED) is 0.782. The number of nitrogens with zero attached hydrogens (tertiary/aromatic N) is 2. The number of hydrogen-bond donors (Lipinski definition) is 2. The summed E-state index contributed by atoms with van der Waals surface area (Å²) in [5.74, 6) is -1.80. The highest BCUT2D eigenvalue weighted by Crippen LogP contribution is 2.33. The maximum atomic E-state index is 9.10. The fourth-order valence-electron chi connectivity index (χ4n) is 3.21. The van der Waals surface area contributed by atoms with Gasteiger partial charge in [-0.3, -0.25) is 0 Å². The molecular formula is C17H28N2O4. The van der Waals surface area contributed by atoms with E-state index in [0.717, 1.165) is 11.8 Å². The number of aliphatic carboxylic acids is 2. The van der Waals surface area contributed by atoms with Crippen molar-refractivity contribution in [2.75, 3.05) is 0 Å². The molecule has 1 fully saturated rings. The first-order chi connectivity index (χ1) is 11.0. The Bertz CT molecular complexity index is 441. The van der Waals surface area contributed by atoms with Gasteiger partial charge in [-0.15, -0.1) is 0 Å². The average Bonchev–Trinajstić information content (AvgIpc) is 3.06. The van der Waals surface area contributed by atoms with E-state index in [9.17, 15) is 0 Å². The Labute approximate surface area is 137 Å². The van der Waals surface area contributed by atoms with Crippen LogP contribution >= 0.6 is 0 Å². The molecule has 1 saturated carbocycles. The summed E-state index contributed by atoms with van der Waals surface area (Å²) >= 11 is 0. The molecule has 0 bridgehead atoms. The monoisotopic (exact) mass is 324 g/mol. The first-order valence-corrected chi connectivity index (χ1v) is 8.46. The van der Waals surface area contributed by atoms with Gasteiger partial charge in [0.15, 0.2) is 0 Å². The molecule has 1 heterocycles. The van der Waals surface area contributed by atoms with Gasteiger partial charge in [0, 0.05) is 18.9 Å². The standard InChI is InChI=1S/C15H26N2.C2H2O4/c1-2-3-7-15(12-17-11-10-16-13-17)14-8-5-4-6-9-14;3-1(4)2(5)6/h10-11,13-15H,2-9,12H2,1H3;(H,3,4)(H,5,6). The van der Waals surface area contributed by atoms with Crippen molar-refractivity contribution in [2.24, 2.45) is 11.8 Å². The van der Waals surface area contributed by atoms with E-state index in [1.165, 1.54) is 57.9 Å². The molecule has 2 rings (SSSR count). The molecule has 1 aliphatic rings. The van der Waals surface area contributed by atoms with E-state index in [4.69, 9.17) is 19.8 Å². The van der Waals surface area contributed by atoms with Gasteiger partial charge in [0.1, 0.15) is 0 Å². The lowest BCUT2D eigenvalue weighted by molar-refractivity contribution is -0.159. The van der Waals surface area contributed by atoms with Gasteiger partial charge in [0.2, 0.25) is 0 Å². The molecule has 0 radical (unpaired) electrons. The third kappa shape index (κ3) is 7.81. The summed E-state index contributed by atoms with van der Waals surface area (Å²) in [4.78, 5) is 22.4. The van der Waals surface area contributed by atoms with Crippen molar-refractivity contribution in [1.82, 2.24) is 9.55 Å². The minimum atomic E-state index is -1.82. The van der Waals surface area contributed by atoms with Gasteiger partial charge >= 0.3 is 11.9 Å². The summed E-state index contributed by atoms with van der Waals surface area (Å²) in [5.41, 5.74) is 0. The smallest absolute Gasteiger partial charge is 0.414 e. The van der Waals surface area contributed by atoms with Gasteiger partial charge in [-0.1, -0.05) is 51.9 Å². The van der Waals surface area contributed by atoms with Crippen molar-refractivity contribution >= 4 is 11.9 Å². The van der Waals surface area contributed by atoms with Crippen molar-refractivity contribution < 1.29 is 19.8 Å². The van der Waals surface area contributed by atoms with Crippen molar-refractivity contribution in [3.63, 3.8) is 0 Å². The predicted molar refractivity (Wildman–Crippen MR) is 87.1 cm³/mol. The minimum absolute atomic E-state index is 0.879. The maximum absolute atomic E-state index is 9.10. The number of unbranched alkanes of at least 4 members (excludes halogenated alkanes) is 1. The Morgan fingerprint density at radius 2 is 1.87 bits per heavy atom. The third-order valence-corrected chi connectivity index (χ3v) is 4.43. The maximum Gasteiger partial charge on any atom is 0.414 e. The van der Waals surface area contributed by atoms with Gasteiger partial charge < -0.3 is 14.8 Å². The van der Waals surface area contributed by atoms with E-state index in [1.54, 1.807) is 0 Å². The first kappa shape index (κ1) is 19.2. The number of hydrogen-bond acceptors (Lipinski definition) is 3. The van der Waals surface area contributed by atoms with Crippen LogP contribution in [0.5, 0.6) is 0 Å². The van der Waals surface area contributed by atoms with Crippen LogP contribution in [0.3, 0.4) is 0 Å². The predicted octanol–water partition coefficient (Wildman–Crippen LogP) is 3.43. The molecule has 0 amide bonds. The molecule has 2 N–H and O–H groups in total. The Morgan fingerprint density at radius 1 is 1.22 bits per heavy atom. The van der Waals surface area contributed by atoms with E-state index in [-0.39, 0.29) is 0 Å². The van der Waals surface area contributed by atoms with Crippen LogP contribution in [-0.2, 0) is 16.1 Å². The highest BCUT2D eigenvalue weighted by atomic mass is 16.4. The normalized spacial score (nSPS) is 16.2. The van der Waals surface area contributed by atoms with Crippen LogP contribution in [0.15, 0.2) is 18.7 Å². The summed E-state index contributed by atoms with van der Waals surface area (Å²) in [6.45, 7) is 3.49. The molecule has 23 heavy (non-hydrogen) atoms. The molecule has 0 aliphatic heterocycles. The molecular weight excluding hydrogens is 296 g/mol. The van der Waals surface area contributed by atoms with Crippen LogP contribution < -0.4 is 0 Å².